The van der Waals surface area contributed by atoms with Crippen LogP contribution in [0, 0.1) is 0 Å². The Hall–Kier alpha value is -2.65. The summed E-state index contributed by atoms with van der Waals surface area (Å²) in [5.41, 5.74) is 3.49. The van der Waals surface area contributed by atoms with Crippen molar-refractivity contribution in [2.45, 2.75) is 38.5 Å². The summed E-state index contributed by atoms with van der Waals surface area (Å²) in [6, 6.07) is 7.88. The van der Waals surface area contributed by atoms with E-state index in [1.807, 2.05) is 45.0 Å². The molecule has 3 heterocycles. The number of hydrogen-bond donors (Lipinski definition) is 2. The Morgan fingerprint density at radius 1 is 1.27 bits per heavy atom. The molecule has 0 saturated carbocycles. The van der Waals surface area contributed by atoms with Crippen LogP contribution < -0.4 is 15.4 Å². The van der Waals surface area contributed by atoms with Crippen molar-refractivity contribution in [3.05, 3.63) is 36.0 Å². The normalized spacial score (nSPS) is 16.3. The summed E-state index contributed by atoms with van der Waals surface area (Å²) in [7, 11) is 0. The van der Waals surface area contributed by atoms with Crippen molar-refractivity contribution in [2.75, 3.05) is 11.9 Å². The van der Waals surface area contributed by atoms with Crippen molar-refractivity contribution in [1.82, 2.24) is 15.3 Å². The van der Waals surface area contributed by atoms with Gasteiger partial charge in [-0.2, -0.15) is 0 Å². The smallest absolute Gasteiger partial charge is 0.286 e. The summed E-state index contributed by atoms with van der Waals surface area (Å²) in [6.45, 7) is 6.84. The molecule has 0 spiro atoms. The van der Waals surface area contributed by atoms with Crippen LogP contribution >= 0.6 is 23.1 Å². The Bertz CT molecular complexity index is 1100. The number of thioether (sulfide) groups is 1. The van der Waals surface area contributed by atoms with E-state index in [0.29, 0.717) is 6.42 Å². The quantitative estimate of drug-likeness (QED) is 0.557. The lowest BCUT2D eigenvalue weighted by atomic mass is 10.1. The van der Waals surface area contributed by atoms with Gasteiger partial charge in [-0.3, -0.25) is 19.9 Å². The number of ether oxygens (including phenoxy) is 1. The Labute approximate surface area is 182 Å². The number of rotatable bonds is 7. The molecule has 7 nitrogen and oxygen atoms in total. The van der Waals surface area contributed by atoms with Crippen LogP contribution in [0.5, 0.6) is 5.75 Å². The lowest BCUT2D eigenvalue weighted by Crippen LogP contribution is -2.25. The van der Waals surface area contributed by atoms with Gasteiger partial charge in [-0.05, 0) is 51.0 Å². The van der Waals surface area contributed by atoms with Crippen LogP contribution in [0.25, 0.3) is 21.5 Å². The van der Waals surface area contributed by atoms with Gasteiger partial charge in [0.25, 0.3) is 5.24 Å². The standard InChI is InChI=1S/C21H22N4O3S2/c1-4-22-20-24-15-8-13(9-16(18(15)30-20)28-11(2)3)14-6-5-12(10-23-14)7-17-19(26)25-21(27)29-17/h5-6,8-11,17H,4,7H2,1-3H3,(H,22,24)(H,25,26,27). The molecule has 1 aromatic carbocycles. The fourth-order valence-electron chi connectivity index (χ4n) is 3.18. The second-order valence-electron chi connectivity index (χ2n) is 7.18. The number of amides is 2. The van der Waals surface area contributed by atoms with Gasteiger partial charge in [0.05, 0.1) is 27.3 Å². The van der Waals surface area contributed by atoms with Crippen molar-refractivity contribution in [1.29, 1.82) is 0 Å². The monoisotopic (exact) mass is 442 g/mol. The van der Waals surface area contributed by atoms with E-state index >= 15 is 0 Å². The van der Waals surface area contributed by atoms with Gasteiger partial charge in [0.2, 0.25) is 5.91 Å². The van der Waals surface area contributed by atoms with Crippen LogP contribution in [0.4, 0.5) is 9.93 Å². The number of pyridine rings is 1. The number of benzene rings is 1. The van der Waals surface area contributed by atoms with Crippen molar-refractivity contribution < 1.29 is 14.3 Å². The third-order valence-corrected chi connectivity index (χ3v) is 6.48. The number of carbonyl (C=O) groups excluding carboxylic acids is 2. The van der Waals surface area contributed by atoms with Crippen molar-refractivity contribution >= 4 is 49.6 Å². The Morgan fingerprint density at radius 2 is 2.10 bits per heavy atom. The highest BCUT2D eigenvalue weighted by Crippen LogP contribution is 2.38. The van der Waals surface area contributed by atoms with Crippen LogP contribution in [0.3, 0.4) is 0 Å². The van der Waals surface area contributed by atoms with E-state index in [-0.39, 0.29) is 17.3 Å². The number of anilines is 1. The maximum atomic E-state index is 11.8. The van der Waals surface area contributed by atoms with E-state index in [9.17, 15) is 9.59 Å². The molecule has 2 aromatic heterocycles. The number of imide groups is 1. The Balaban J connectivity index is 1.63. The molecular formula is C21H22N4O3S2. The number of aromatic nitrogens is 2. The zero-order valence-electron chi connectivity index (χ0n) is 16.9. The first kappa shape index (κ1) is 20.6. The fourth-order valence-corrected chi connectivity index (χ4v) is 5.01. The van der Waals surface area contributed by atoms with Crippen LogP contribution in [0.1, 0.15) is 26.3 Å². The lowest BCUT2D eigenvalue weighted by molar-refractivity contribution is -0.118. The third kappa shape index (κ3) is 4.41. The molecule has 1 fully saturated rings. The minimum atomic E-state index is -0.396. The molecule has 0 aliphatic carbocycles. The summed E-state index contributed by atoms with van der Waals surface area (Å²) in [4.78, 5) is 32.4. The molecular weight excluding hydrogens is 420 g/mol. The molecule has 1 aliphatic rings. The molecule has 1 unspecified atom stereocenters. The fraction of sp³-hybridized carbons (Fsp3) is 0.333. The molecule has 156 valence electrons. The number of hydrogen-bond acceptors (Lipinski definition) is 8. The van der Waals surface area contributed by atoms with E-state index in [1.165, 1.54) is 0 Å². The Morgan fingerprint density at radius 3 is 2.73 bits per heavy atom. The van der Waals surface area contributed by atoms with Crippen LogP contribution in [0.2, 0.25) is 0 Å². The van der Waals surface area contributed by atoms with Gasteiger partial charge >= 0.3 is 0 Å². The van der Waals surface area contributed by atoms with Gasteiger partial charge in [-0.15, -0.1) is 0 Å². The number of nitrogens with one attached hydrogen (secondary N) is 2. The SMILES string of the molecule is CCNc1nc2cc(-c3ccc(CC4SC(=O)NC4=O)cn3)cc(OC(C)C)c2s1. The lowest BCUT2D eigenvalue weighted by Gasteiger charge is -2.12. The predicted octanol–water partition coefficient (Wildman–Crippen LogP) is 4.47. The van der Waals surface area contributed by atoms with E-state index in [4.69, 9.17) is 4.74 Å². The van der Waals surface area contributed by atoms with Crippen molar-refractivity contribution in [2.24, 2.45) is 0 Å². The largest absolute Gasteiger partial charge is 0.489 e. The predicted molar refractivity (Wildman–Crippen MR) is 121 cm³/mol. The minimum Gasteiger partial charge on any atom is -0.489 e. The zero-order valence-corrected chi connectivity index (χ0v) is 18.5. The first-order valence-corrected chi connectivity index (χ1v) is 11.4. The number of nitrogens with zero attached hydrogens (tertiary/aromatic N) is 2. The number of fused-ring (bicyclic) bond motifs is 1. The molecule has 3 aromatic rings. The van der Waals surface area contributed by atoms with Crippen LogP contribution in [-0.2, 0) is 11.2 Å². The average molecular weight is 443 g/mol. The molecule has 0 bridgehead atoms. The Kier molecular flexibility index (Phi) is 5.92. The molecule has 0 radical (unpaired) electrons. The summed E-state index contributed by atoms with van der Waals surface area (Å²) in [5, 5.41) is 5.75. The summed E-state index contributed by atoms with van der Waals surface area (Å²) >= 11 is 2.61. The second-order valence-corrected chi connectivity index (χ2v) is 9.35. The van der Waals surface area contributed by atoms with Gasteiger partial charge < -0.3 is 10.1 Å². The third-order valence-electron chi connectivity index (χ3n) is 4.46. The molecule has 1 atom stereocenters. The van der Waals surface area contributed by atoms with Gasteiger partial charge in [-0.1, -0.05) is 29.2 Å². The maximum Gasteiger partial charge on any atom is 0.286 e. The van der Waals surface area contributed by atoms with Crippen LogP contribution in [0.15, 0.2) is 30.5 Å². The molecule has 2 N–H and O–H groups in total. The molecule has 1 aliphatic heterocycles. The van der Waals surface area contributed by atoms with E-state index < -0.39 is 5.25 Å². The molecule has 4 rings (SSSR count). The molecule has 9 heteroatoms. The number of thiazole rings is 1. The molecule has 1 saturated heterocycles. The highest BCUT2D eigenvalue weighted by Gasteiger charge is 2.31. The van der Waals surface area contributed by atoms with Gasteiger partial charge in [0.15, 0.2) is 5.13 Å². The summed E-state index contributed by atoms with van der Waals surface area (Å²) in [5.74, 6) is 0.553. The first-order chi connectivity index (χ1) is 14.4. The second kappa shape index (κ2) is 8.61. The molecule has 2 amide bonds. The van der Waals surface area contributed by atoms with Crippen molar-refractivity contribution in [3.8, 4) is 17.0 Å². The number of carbonyl (C=O) groups is 2. The van der Waals surface area contributed by atoms with Gasteiger partial charge in [0.1, 0.15) is 5.75 Å². The van der Waals surface area contributed by atoms with Crippen molar-refractivity contribution in [3.63, 3.8) is 0 Å². The van der Waals surface area contributed by atoms with E-state index in [0.717, 1.165) is 56.2 Å². The van der Waals surface area contributed by atoms with E-state index in [1.54, 1.807) is 17.5 Å². The highest BCUT2D eigenvalue weighted by atomic mass is 32.2. The minimum absolute atomic E-state index is 0.0428. The van der Waals surface area contributed by atoms with Gasteiger partial charge in [0, 0.05) is 18.3 Å². The maximum absolute atomic E-state index is 11.8. The van der Waals surface area contributed by atoms with E-state index in [2.05, 4.69) is 20.6 Å². The first-order valence-electron chi connectivity index (χ1n) is 9.75. The van der Waals surface area contributed by atoms with Crippen LogP contribution in [-0.4, -0.2) is 39.0 Å². The zero-order chi connectivity index (χ0) is 21.3. The molecule has 30 heavy (non-hydrogen) atoms. The summed E-state index contributed by atoms with van der Waals surface area (Å²) < 4.78 is 7.06. The topological polar surface area (TPSA) is 93.2 Å². The average Bonchev–Trinajstić information content (AvgIpc) is 3.24. The summed E-state index contributed by atoms with van der Waals surface area (Å²) in [6.07, 6.45) is 2.26. The highest BCUT2D eigenvalue weighted by molar-refractivity contribution is 8.15. The van der Waals surface area contributed by atoms with Gasteiger partial charge in [-0.25, -0.2) is 4.98 Å².